The van der Waals surface area contributed by atoms with E-state index in [1.807, 2.05) is 31.3 Å². The van der Waals surface area contributed by atoms with E-state index in [0.717, 1.165) is 27.8 Å². The average molecular weight is 442 g/mol. The second-order valence-corrected chi connectivity index (χ2v) is 10.1. The van der Waals surface area contributed by atoms with Crippen molar-refractivity contribution in [3.63, 3.8) is 0 Å². The van der Waals surface area contributed by atoms with Gasteiger partial charge in [-0.3, -0.25) is 4.79 Å². The Morgan fingerprint density at radius 3 is 2.90 bits per heavy atom. The fraction of sp³-hybridized carbons (Fsp3) is 0.409. The van der Waals surface area contributed by atoms with Crippen molar-refractivity contribution in [1.82, 2.24) is 15.2 Å². The van der Waals surface area contributed by atoms with E-state index in [2.05, 4.69) is 45.5 Å². The van der Waals surface area contributed by atoms with E-state index in [0.29, 0.717) is 16.0 Å². The number of amidine groups is 1. The van der Waals surface area contributed by atoms with Crippen LogP contribution in [0.15, 0.2) is 34.3 Å². The number of likely N-dealkylation sites (tertiary alicyclic amines) is 1. The van der Waals surface area contributed by atoms with Gasteiger partial charge in [0.15, 0.2) is 10.3 Å². The fourth-order valence-corrected chi connectivity index (χ4v) is 5.25. The minimum atomic E-state index is -0.113. The number of aliphatic imine (C=N–C) groups is 1. The van der Waals surface area contributed by atoms with Crippen molar-refractivity contribution in [3.05, 3.63) is 45.3 Å². The Balaban J connectivity index is 1.38. The summed E-state index contributed by atoms with van der Waals surface area (Å²) >= 11 is 2.95. The van der Waals surface area contributed by atoms with Crippen LogP contribution in [-0.2, 0) is 4.79 Å². The molecule has 0 radical (unpaired) electrons. The maximum Gasteiger partial charge on any atom is 0.264 e. The van der Waals surface area contributed by atoms with Gasteiger partial charge < -0.3 is 15.5 Å². The van der Waals surface area contributed by atoms with Gasteiger partial charge in [-0.1, -0.05) is 29.0 Å². The lowest BCUT2D eigenvalue weighted by Gasteiger charge is -2.28. The maximum absolute atomic E-state index is 12.4. The van der Waals surface area contributed by atoms with Gasteiger partial charge in [0.25, 0.3) is 5.91 Å². The van der Waals surface area contributed by atoms with Gasteiger partial charge in [0.1, 0.15) is 0 Å². The predicted octanol–water partition coefficient (Wildman–Crippen LogP) is 4.41. The summed E-state index contributed by atoms with van der Waals surface area (Å²) in [5.74, 6) is 0.588. The zero-order valence-corrected chi connectivity index (χ0v) is 19.2. The van der Waals surface area contributed by atoms with Crippen LogP contribution in [0.3, 0.4) is 0 Å². The van der Waals surface area contributed by atoms with E-state index in [-0.39, 0.29) is 5.91 Å². The third-order valence-corrected chi connectivity index (χ3v) is 7.21. The third kappa shape index (κ3) is 5.30. The molecule has 2 fully saturated rings. The molecule has 0 saturated carbocycles. The fourth-order valence-electron chi connectivity index (χ4n) is 3.58. The summed E-state index contributed by atoms with van der Waals surface area (Å²) in [5, 5.41) is 7.85. The third-order valence-electron chi connectivity index (χ3n) is 5.40. The molecular weight excluding hydrogens is 414 g/mol. The zero-order valence-electron chi connectivity index (χ0n) is 17.6. The van der Waals surface area contributed by atoms with Crippen molar-refractivity contribution < 1.29 is 4.79 Å². The highest BCUT2D eigenvalue weighted by Crippen LogP contribution is 2.31. The number of nitrogens with one attached hydrogen (secondary N) is 2. The molecule has 158 valence electrons. The van der Waals surface area contributed by atoms with E-state index < -0.39 is 0 Å². The Hall–Kier alpha value is -2.16. The number of piperidine rings is 1. The Morgan fingerprint density at radius 2 is 2.13 bits per heavy atom. The molecule has 2 saturated heterocycles. The van der Waals surface area contributed by atoms with Crippen LogP contribution in [0.1, 0.15) is 28.8 Å². The summed E-state index contributed by atoms with van der Waals surface area (Å²) in [6, 6.07) is 6.11. The molecule has 0 spiro atoms. The molecule has 4 rings (SSSR count). The van der Waals surface area contributed by atoms with Crippen molar-refractivity contribution in [1.29, 1.82) is 0 Å². The molecule has 0 bridgehead atoms. The van der Waals surface area contributed by atoms with E-state index in [4.69, 9.17) is 0 Å². The van der Waals surface area contributed by atoms with Crippen molar-refractivity contribution >= 4 is 51.1 Å². The zero-order chi connectivity index (χ0) is 21.1. The molecule has 1 aromatic carbocycles. The first-order chi connectivity index (χ1) is 14.5. The molecule has 2 aliphatic heterocycles. The molecule has 0 unspecified atom stereocenters. The summed E-state index contributed by atoms with van der Waals surface area (Å²) in [6.07, 6.45) is 6.17. The molecule has 0 atom stereocenters. The highest BCUT2D eigenvalue weighted by molar-refractivity contribution is 8.18. The van der Waals surface area contributed by atoms with Crippen LogP contribution in [0.5, 0.6) is 0 Å². The number of nitrogens with zero attached hydrogens (tertiary/aromatic N) is 3. The summed E-state index contributed by atoms with van der Waals surface area (Å²) in [4.78, 5) is 25.4. The summed E-state index contributed by atoms with van der Waals surface area (Å²) in [6.45, 7) is 7.38. The van der Waals surface area contributed by atoms with Gasteiger partial charge in [0.05, 0.1) is 15.5 Å². The van der Waals surface area contributed by atoms with Crippen LogP contribution < -0.4 is 10.6 Å². The highest BCUT2D eigenvalue weighted by atomic mass is 32.2. The molecule has 1 aromatic heterocycles. The molecule has 0 aliphatic carbocycles. The number of hydrogen-bond donors (Lipinski definition) is 2. The average Bonchev–Trinajstić information content (AvgIpc) is 3.30. The van der Waals surface area contributed by atoms with Crippen LogP contribution in [0.2, 0.25) is 0 Å². The number of carbonyl (C=O) groups is 1. The molecule has 3 heterocycles. The molecule has 6 nitrogen and oxygen atoms in total. The lowest BCUT2D eigenvalue weighted by atomic mass is 9.97. The predicted molar refractivity (Wildman–Crippen MR) is 128 cm³/mol. The van der Waals surface area contributed by atoms with Gasteiger partial charge >= 0.3 is 0 Å². The molecule has 1 amide bonds. The van der Waals surface area contributed by atoms with Crippen molar-refractivity contribution in [3.8, 4) is 0 Å². The number of rotatable bonds is 5. The Labute approximate surface area is 185 Å². The van der Waals surface area contributed by atoms with Gasteiger partial charge in [0, 0.05) is 12.7 Å². The van der Waals surface area contributed by atoms with Crippen LogP contribution in [0.25, 0.3) is 6.08 Å². The number of thioether (sulfide) groups is 1. The van der Waals surface area contributed by atoms with Gasteiger partial charge in [0.2, 0.25) is 0 Å². The van der Waals surface area contributed by atoms with E-state index >= 15 is 0 Å². The number of benzene rings is 1. The molecule has 8 heteroatoms. The lowest BCUT2D eigenvalue weighted by molar-refractivity contribution is -0.115. The summed E-state index contributed by atoms with van der Waals surface area (Å²) in [7, 11) is 2.18. The largest absolute Gasteiger partial charge is 0.361 e. The first-order valence-corrected chi connectivity index (χ1v) is 11.8. The van der Waals surface area contributed by atoms with Gasteiger partial charge in [-0.15, -0.1) is 0 Å². The number of aromatic nitrogens is 1. The van der Waals surface area contributed by atoms with Crippen molar-refractivity contribution in [2.75, 3.05) is 32.0 Å². The molecule has 2 aliphatic rings. The summed E-state index contributed by atoms with van der Waals surface area (Å²) < 4.78 is 0. The monoisotopic (exact) mass is 441 g/mol. The molecule has 2 aromatic rings. The standard InChI is InChI=1S/C22H27N5OS2/c1-14-4-5-18(15(2)10-14)25-22-26-20(28)19(30-22)11-17-13-24-21(29-17)23-12-16-6-8-27(3)9-7-16/h4-5,10-11,13,16H,6-9,12H2,1-3H3,(H,23,24)(H,25,26,28). The summed E-state index contributed by atoms with van der Waals surface area (Å²) in [5.41, 5.74) is 3.17. The van der Waals surface area contributed by atoms with Crippen molar-refractivity contribution in [2.24, 2.45) is 10.9 Å². The van der Waals surface area contributed by atoms with Gasteiger partial charge in [-0.2, -0.15) is 0 Å². The Kier molecular flexibility index (Phi) is 6.55. The normalized spacial score (nSPS) is 20.8. The van der Waals surface area contributed by atoms with Crippen LogP contribution in [-0.4, -0.2) is 47.6 Å². The van der Waals surface area contributed by atoms with E-state index in [1.165, 1.54) is 43.3 Å². The van der Waals surface area contributed by atoms with Crippen LogP contribution >= 0.6 is 23.1 Å². The second-order valence-electron chi connectivity index (χ2n) is 7.97. The number of thiazole rings is 1. The van der Waals surface area contributed by atoms with Gasteiger partial charge in [-0.25, -0.2) is 9.98 Å². The second kappa shape index (κ2) is 9.32. The molecule has 2 N–H and O–H groups in total. The minimum Gasteiger partial charge on any atom is -0.361 e. The van der Waals surface area contributed by atoms with Crippen molar-refractivity contribution in [2.45, 2.75) is 26.7 Å². The first-order valence-electron chi connectivity index (χ1n) is 10.2. The number of anilines is 1. The van der Waals surface area contributed by atoms with Crippen LogP contribution in [0.4, 0.5) is 10.8 Å². The smallest absolute Gasteiger partial charge is 0.264 e. The quantitative estimate of drug-likeness (QED) is 0.673. The SMILES string of the molecule is Cc1ccc(N=C2NC(=O)C(=Cc3cnc(NCC4CCN(C)CC4)s3)S2)c(C)c1. The highest BCUT2D eigenvalue weighted by Gasteiger charge is 2.24. The number of aryl methyl sites for hydroxylation is 2. The number of hydrogen-bond acceptors (Lipinski definition) is 7. The first kappa shape index (κ1) is 21.1. The van der Waals surface area contributed by atoms with E-state index in [9.17, 15) is 4.79 Å². The number of amides is 1. The minimum absolute atomic E-state index is 0.113. The topological polar surface area (TPSA) is 69.6 Å². The molecular formula is C22H27N5OS2. The lowest BCUT2D eigenvalue weighted by Crippen LogP contribution is -2.32. The van der Waals surface area contributed by atoms with E-state index in [1.54, 1.807) is 11.3 Å². The molecule has 30 heavy (non-hydrogen) atoms. The van der Waals surface area contributed by atoms with Crippen LogP contribution in [0, 0.1) is 19.8 Å². The number of carbonyl (C=O) groups excluding carboxylic acids is 1. The Morgan fingerprint density at radius 1 is 1.33 bits per heavy atom. The maximum atomic E-state index is 12.4. The Bertz CT molecular complexity index is 989. The van der Waals surface area contributed by atoms with Gasteiger partial charge in [-0.05, 0) is 82.2 Å².